The molecule has 2 aromatic carbocycles. The Bertz CT molecular complexity index is 1480. The molecule has 1 aromatic heterocycles. The standard InChI is InChI=1S/C23H28N2O5.C8H8FNO2/c1-23(2)12-29-19-17-8-7-13(21(26)24-14-5-4-6-14)9-18(17)30-20(19)22(27)25(23)15-10-16(11-15)28-3;9-7-2-1-6(4-10-5-11)8(12)3-7/h7-9,14-16H,4-6,10-12H2,1-3H3,(H,24,26);1-3,5,12H,4H2,(H,10,11). The van der Waals surface area contributed by atoms with E-state index >= 15 is 0 Å². The fourth-order valence-corrected chi connectivity index (χ4v) is 5.46. The van der Waals surface area contributed by atoms with Crippen LogP contribution in [0.1, 0.15) is 72.4 Å². The van der Waals surface area contributed by atoms with Crippen LogP contribution in [0.15, 0.2) is 40.8 Å². The minimum absolute atomic E-state index is 0.101. The molecule has 2 fully saturated rings. The average molecular weight is 582 g/mol. The summed E-state index contributed by atoms with van der Waals surface area (Å²) in [7, 11) is 1.70. The van der Waals surface area contributed by atoms with Crippen LogP contribution in [0, 0.1) is 5.82 Å². The summed E-state index contributed by atoms with van der Waals surface area (Å²) >= 11 is 0. The Morgan fingerprint density at radius 3 is 2.62 bits per heavy atom. The van der Waals surface area contributed by atoms with Gasteiger partial charge in [0.15, 0.2) is 5.75 Å². The normalized spacial score (nSPS) is 21.0. The minimum Gasteiger partial charge on any atom is -0.507 e. The number of amides is 3. The molecular formula is C31H36FN3O7. The summed E-state index contributed by atoms with van der Waals surface area (Å²) in [6, 6.07) is 9.29. The van der Waals surface area contributed by atoms with Crippen LogP contribution in [0.2, 0.25) is 0 Å². The first-order valence-corrected chi connectivity index (χ1v) is 14.1. The number of aromatic hydroxyl groups is 1. The van der Waals surface area contributed by atoms with E-state index in [0.717, 1.165) is 43.6 Å². The number of carbonyl (C=O) groups excluding carboxylic acids is 3. The number of nitrogens with zero attached hydrogens (tertiary/aromatic N) is 1. The lowest BCUT2D eigenvalue weighted by Crippen LogP contribution is -2.59. The maximum Gasteiger partial charge on any atom is 0.294 e. The molecule has 3 N–H and O–H groups in total. The molecule has 3 aromatic rings. The molecule has 0 spiro atoms. The number of furan rings is 1. The third kappa shape index (κ3) is 5.92. The fourth-order valence-electron chi connectivity index (χ4n) is 5.46. The molecule has 3 aliphatic rings. The van der Waals surface area contributed by atoms with E-state index in [1.54, 1.807) is 19.2 Å². The molecule has 2 aliphatic carbocycles. The summed E-state index contributed by atoms with van der Waals surface area (Å²) in [6.07, 6.45) is 5.55. The molecule has 0 radical (unpaired) electrons. The lowest BCUT2D eigenvalue weighted by molar-refractivity contribution is -0.109. The Kier molecular flexibility index (Phi) is 8.40. The van der Waals surface area contributed by atoms with Gasteiger partial charge in [0.2, 0.25) is 12.2 Å². The highest BCUT2D eigenvalue weighted by atomic mass is 19.1. The molecule has 2 saturated carbocycles. The van der Waals surface area contributed by atoms with Crippen molar-refractivity contribution in [3.05, 3.63) is 59.1 Å². The molecule has 3 amide bonds. The smallest absolute Gasteiger partial charge is 0.294 e. The van der Waals surface area contributed by atoms with Crippen LogP contribution in [0.4, 0.5) is 4.39 Å². The number of methoxy groups -OCH3 is 1. The predicted octanol–water partition coefficient (Wildman–Crippen LogP) is 4.28. The molecule has 0 unspecified atom stereocenters. The lowest BCUT2D eigenvalue weighted by atomic mass is 9.84. The average Bonchev–Trinajstić information content (AvgIpc) is 3.24. The monoisotopic (exact) mass is 581 g/mol. The first kappa shape index (κ1) is 29.4. The van der Waals surface area contributed by atoms with Gasteiger partial charge in [-0.1, -0.05) is 6.07 Å². The summed E-state index contributed by atoms with van der Waals surface area (Å²) in [5.41, 5.74) is 1.06. The summed E-state index contributed by atoms with van der Waals surface area (Å²) in [5.74, 6) is -0.231. The van der Waals surface area contributed by atoms with Crippen molar-refractivity contribution in [1.29, 1.82) is 0 Å². The number of halogens is 1. The Labute approximate surface area is 243 Å². The van der Waals surface area contributed by atoms with E-state index in [0.29, 0.717) is 35.5 Å². The maximum absolute atomic E-state index is 13.5. The van der Waals surface area contributed by atoms with Gasteiger partial charge in [0.25, 0.3) is 11.8 Å². The third-order valence-corrected chi connectivity index (χ3v) is 8.17. The van der Waals surface area contributed by atoms with Crippen molar-refractivity contribution in [3.63, 3.8) is 0 Å². The highest BCUT2D eigenvalue weighted by Gasteiger charge is 2.47. The predicted molar refractivity (Wildman–Crippen MR) is 152 cm³/mol. The van der Waals surface area contributed by atoms with Crippen molar-refractivity contribution in [1.82, 2.24) is 15.5 Å². The van der Waals surface area contributed by atoms with E-state index in [4.69, 9.17) is 19.0 Å². The summed E-state index contributed by atoms with van der Waals surface area (Å²) in [4.78, 5) is 37.8. The summed E-state index contributed by atoms with van der Waals surface area (Å²) < 4.78 is 29.9. The Morgan fingerprint density at radius 2 is 1.98 bits per heavy atom. The van der Waals surface area contributed by atoms with Crippen molar-refractivity contribution in [2.45, 2.75) is 76.2 Å². The van der Waals surface area contributed by atoms with E-state index in [1.165, 1.54) is 12.1 Å². The van der Waals surface area contributed by atoms with E-state index < -0.39 is 11.4 Å². The molecule has 2 heterocycles. The summed E-state index contributed by atoms with van der Waals surface area (Å²) in [5, 5.41) is 15.2. The number of fused-ring (bicyclic) bond motifs is 3. The van der Waals surface area contributed by atoms with E-state index in [-0.39, 0.29) is 48.1 Å². The molecule has 1 aliphatic heterocycles. The number of benzene rings is 2. The second-order valence-electron chi connectivity index (χ2n) is 11.6. The Hall–Kier alpha value is -4.12. The first-order chi connectivity index (χ1) is 20.1. The summed E-state index contributed by atoms with van der Waals surface area (Å²) in [6.45, 7) is 4.61. The van der Waals surface area contributed by atoms with Gasteiger partial charge < -0.3 is 34.5 Å². The highest BCUT2D eigenvalue weighted by Crippen LogP contribution is 2.42. The van der Waals surface area contributed by atoms with Gasteiger partial charge in [-0.25, -0.2) is 4.39 Å². The highest BCUT2D eigenvalue weighted by molar-refractivity contribution is 6.04. The van der Waals surface area contributed by atoms with Crippen LogP contribution in [0.5, 0.6) is 11.5 Å². The van der Waals surface area contributed by atoms with Gasteiger partial charge in [-0.2, -0.15) is 0 Å². The van der Waals surface area contributed by atoms with Crippen LogP contribution in [0.25, 0.3) is 11.0 Å². The van der Waals surface area contributed by atoms with Gasteiger partial charge in [0.05, 0.1) is 17.0 Å². The number of hydrogen-bond acceptors (Lipinski definition) is 7. The SMILES string of the molecule is COC1CC(N2C(=O)c3oc4cc(C(=O)NC5CCC5)ccc4c3OCC2(C)C)C1.O=CNCc1ccc(F)cc1O. The number of nitrogens with one attached hydrogen (secondary N) is 2. The number of hydrogen-bond donors (Lipinski definition) is 3. The third-order valence-electron chi connectivity index (χ3n) is 8.17. The molecule has 42 heavy (non-hydrogen) atoms. The molecule has 0 bridgehead atoms. The number of rotatable bonds is 7. The van der Waals surface area contributed by atoms with Crippen molar-refractivity contribution in [2.75, 3.05) is 13.7 Å². The van der Waals surface area contributed by atoms with E-state index in [1.807, 2.05) is 24.8 Å². The Balaban J connectivity index is 0.000000248. The van der Waals surface area contributed by atoms with Crippen LogP contribution in [-0.2, 0) is 16.1 Å². The van der Waals surface area contributed by atoms with Gasteiger partial charge in [0, 0.05) is 42.9 Å². The molecule has 224 valence electrons. The van der Waals surface area contributed by atoms with Crippen molar-refractivity contribution >= 4 is 29.2 Å². The quantitative estimate of drug-likeness (QED) is 0.355. The van der Waals surface area contributed by atoms with Crippen molar-refractivity contribution in [3.8, 4) is 11.5 Å². The zero-order chi connectivity index (χ0) is 30.0. The number of phenolic OH excluding ortho intramolecular Hbond substituents is 1. The number of carbonyl (C=O) groups is 3. The molecule has 0 saturated heterocycles. The maximum atomic E-state index is 13.5. The van der Waals surface area contributed by atoms with E-state index in [9.17, 15) is 18.8 Å². The van der Waals surface area contributed by atoms with Gasteiger partial charge in [-0.05, 0) is 70.2 Å². The van der Waals surface area contributed by atoms with Gasteiger partial charge in [-0.15, -0.1) is 0 Å². The second-order valence-corrected chi connectivity index (χ2v) is 11.6. The molecular weight excluding hydrogens is 545 g/mol. The van der Waals surface area contributed by atoms with Crippen LogP contribution < -0.4 is 15.4 Å². The number of ether oxygens (including phenoxy) is 2. The Morgan fingerprint density at radius 1 is 1.21 bits per heavy atom. The molecule has 10 nitrogen and oxygen atoms in total. The zero-order valence-electron chi connectivity index (χ0n) is 23.9. The van der Waals surface area contributed by atoms with Crippen molar-refractivity contribution in [2.24, 2.45) is 0 Å². The van der Waals surface area contributed by atoms with Crippen LogP contribution >= 0.6 is 0 Å². The lowest BCUT2D eigenvalue weighted by Gasteiger charge is -2.48. The molecule has 0 atom stereocenters. The van der Waals surface area contributed by atoms with Crippen LogP contribution in [0.3, 0.4) is 0 Å². The number of phenols is 1. The minimum atomic E-state index is -0.498. The van der Waals surface area contributed by atoms with Gasteiger partial charge in [0.1, 0.15) is 23.8 Å². The topological polar surface area (TPSA) is 130 Å². The first-order valence-electron chi connectivity index (χ1n) is 14.1. The van der Waals surface area contributed by atoms with Gasteiger partial charge in [-0.3, -0.25) is 14.4 Å². The second kappa shape index (κ2) is 12.0. The van der Waals surface area contributed by atoms with Gasteiger partial charge >= 0.3 is 0 Å². The molecule has 6 rings (SSSR count). The van der Waals surface area contributed by atoms with Crippen molar-refractivity contribution < 1.29 is 37.8 Å². The molecule has 11 heteroatoms. The van der Waals surface area contributed by atoms with Crippen LogP contribution in [-0.4, -0.2) is 65.7 Å². The zero-order valence-corrected chi connectivity index (χ0v) is 23.9. The fraction of sp³-hybridized carbons (Fsp3) is 0.452. The van der Waals surface area contributed by atoms with E-state index in [2.05, 4.69) is 10.6 Å². The largest absolute Gasteiger partial charge is 0.507 e.